The lowest BCUT2D eigenvalue weighted by Crippen LogP contribution is -2.38. The average molecular weight is 708 g/mol. The normalized spacial score (nSPS) is 14.9. The van der Waals surface area contributed by atoms with Gasteiger partial charge in [0, 0.05) is 64.6 Å². The number of nitrogens with zero attached hydrogens (tertiary/aromatic N) is 3. The number of hydrazone groups is 1. The number of allylic oxidation sites excluding steroid dienone is 3. The number of rotatable bonds is 19. The Labute approximate surface area is 300 Å². The van der Waals surface area contributed by atoms with Crippen LogP contribution >= 0.6 is 11.6 Å². The Morgan fingerprint density at radius 3 is 2.42 bits per heavy atom. The van der Waals surface area contributed by atoms with E-state index in [4.69, 9.17) is 21.1 Å². The smallest absolute Gasteiger partial charge is 0.303 e. The molecular weight excluding hydrogens is 658 g/mol. The Balaban J connectivity index is 1.51. The Morgan fingerprint density at radius 1 is 1.06 bits per heavy atom. The molecule has 1 heterocycles. The first kappa shape index (κ1) is 40.0. The maximum absolute atomic E-state index is 12.5. The van der Waals surface area contributed by atoms with Crippen molar-refractivity contribution < 1.29 is 28.7 Å². The third-order valence-corrected chi connectivity index (χ3v) is 9.17. The van der Waals surface area contributed by atoms with Gasteiger partial charge in [-0.1, -0.05) is 53.6 Å². The van der Waals surface area contributed by atoms with Crippen molar-refractivity contribution in [3.05, 3.63) is 82.0 Å². The molecule has 12 heteroatoms. The zero-order chi connectivity index (χ0) is 36.6. The zero-order valence-electron chi connectivity index (χ0n) is 30.0. The largest absolute Gasteiger partial charge is 0.482 e. The van der Waals surface area contributed by atoms with Crippen LogP contribution in [0.2, 0.25) is 5.02 Å². The average Bonchev–Trinajstić information content (AvgIpc) is 3.11. The highest BCUT2D eigenvalue weighted by atomic mass is 35.5. The van der Waals surface area contributed by atoms with E-state index in [0.29, 0.717) is 49.5 Å². The van der Waals surface area contributed by atoms with Crippen LogP contribution in [0.4, 0.5) is 0 Å². The molecule has 3 rings (SSSR count). The lowest BCUT2D eigenvalue weighted by molar-refractivity contribution is -0.151. The van der Waals surface area contributed by atoms with Crippen molar-refractivity contribution in [2.45, 2.75) is 59.5 Å². The lowest BCUT2D eigenvalue weighted by Gasteiger charge is -2.28. The molecule has 2 atom stereocenters. The van der Waals surface area contributed by atoms with Crippen LogP contribution in [-0.4, -0.2) is 92.6 Å². The van der Waals surface area contributed by atoms with E-state index in [1.54, 1.807) is 18.2 Å². The fourth-order valence-electron chi connectivity index (χ4n) is 5.63. The fraction of sp³-hybridized carbons (Fsp3) is 0.447. The van der Waals surface area contributed by atoms with E-state index in [-0.39, 0.29) is 24.3 Å². The van der Waals surface area contributed by atoms with E-state index in [1.807, 2.05) is 45.2 Å². The summed E-state index contributed by atoms with van der Waals surface area (Å²) < 4.78 is 11.0. The van der Waals surface area contributed by atoms with Gasteiger partial charge in [-0.25, -0.2) is 5.43 Å². The summed E-state index contributed by atoms with van der Waals surface area (Å²) in [7, 11) is 4.07. The monoisotopic (exact) mass is 707 g/mol. The first-order valence-corrected chi connectivity index (χ1v) is 17.3. The molecule has 2 aromatic rings. The van der Waals surface area contributed by atoms with Gasteiger partial charge in [0.15, 0.2) is 19.0 Å². The summed E-state index contributed by atoms with van der Waals surface area (Å²) in [6, 6.07) is 15.4. The number of benzene rings is 2. The molecule has 1 aliphatic heterocycles. The number of esters is 1. The van der Waals surface area contributed by atoms with E-state index >= 15 is 0 Å². The second kappa shape index (κ2) is 20.3. The number of ether oxygens (including phenoxy) is 2. The summed E-state index contributed by atoms with van der Waals surface area (Å²) in [6.45, 7) is 9.77. The number of nitrogens with one attached hydrogen (secondary N) is 2. The molecule has 0 aliphatic carbocycles. The first-order valence-electron chi connectivity index (χ1n) is 16.9. The minimum atomic E-state index is -0.835. The van der Waals surface area contributed by atoms with Gasteiger partial charge >= 0.3 is 5.97 Å². The molecule has 0 radical (unpaired) electrons. The summed E-state index contributed by atoms with van der Waals surface area (Å²) in [4.78, 5) is 51.8. The maximum Gasteiger partial charge on any atom is 0.303 e. The van der Waals surface area contributed by atoms with Crippen molar-refractivity contribution in [2.24, 2.45) is 11.0 Å². The summed E-state index contributed by atoms with van der Waals surface area (Å²) in [5, 5.41) is 7.34. The molecule has 0 fully saturated rings. The molecule has 11 nitrogen and oxygen atoms in total. The topological polar surface area (TPSA) is 130 Å². The lowest BCUT2D eigenvalue weighted by atomic mass is 9.86. The van der Waals surface area contributed by atoms with Gasteiger partial charge in [0.2, 0.25) is 5.91 Å². The van der Waals surface area contributed by atoms with E-state index in [0.717, 1.165) is 53.1 Å². The number of likely N-dealkylation sites (N-methyl/N-ethyl adjacent to an activating group) is 2. The number of aldehydes is 1. The van der Waals surface area contributed by atoms with E-state index in [1.165, 1.54) is 6.92 Å². The molecule has 2 unspecified atom stereocenters. The van der Waals surface area contributed by atoms with Crippen LogP contribution < -0.4 is 15.5 Å². The molecular formula is C38H50ClN5O6. The highest BCUT2D eigenvalue weighted by Crippen LogP contribution is 2.31. The van der Waals surface area contributed by atoms with Crippen LogP contribution in [0.3, 0.4) is 0 Å². The number of halogens is 1. The molecule has 0 saturated heterocycles. The highest BCUT2D eigenvalue weighted by Gasteiger charge is 2.26. The molecule has 0 spiro atoms. The molecule has 0 saturated carbocycles. The quantitative estimate of drug-likeness (QED) is 0.115. The molecule has 50 heavy (non-hydrogen) atoms. The third kappa shape index (κ3) is 12.4. The number of hydrogen-bond acceptors (Lipinski definition) is 9. The van der Waals surface area contributed by atoms with Crippen LogP contribution in [0.25, 0.3) is 5.57 Å². The fourth-order valence-corrected chi connectivity index (χ4v) is 5.86. The Bertz CT molecular complexity index is 1570. The van der Waals surface area contributed by atoms with E-state index in [2.05, 4.69) is 51.7 Å². The summed E-state index contributed by atoms with van der Waals surface area (Å²) in [6.07, 6.45) is 4.08. The predicted octanol–water partition coefficient (Wildman–Crippen LogP) is 5.24. The van der Waals surface area contributed by atoms with Crippen molar-refractivity contribution in [1.29, 1.82) is 0 Å². The van der Waals surface area contributed by atoms with Gasteiger partial charge in [-0.3, -0.25) is 19.2 Å². The van der Waals surface area contributed by atoms with Crippen molar-refractivity contribution in [3.63, 3.8) is 0 Å². The van der Waals surface area contributed by atoms with Crippen molar-refractivity contribution in [2.75, 3.05) is 46.9 Å². The minimum Gasteiger partial charge on any atom is -0.482 e. The van der Waals surface area contributed by atoms with Gasteiger partial charge in [-0.2, -0.15) is 5.10 Å². The number of amides is 2. The Morgan fingerprint density at radius 2 is 1.80 bits per heavy atom. The molecule has 2 aromatic carbocycles. The van der Waals surface area contributed by atoms with Gasteiger partial charge in [-0.15, -0.1) is 0 Å². The van der Waals surface area contributed by atoms with Gasteiger partial charge in [0.05, 0.1) is 10.7 Å². The van der Waals surface area contributed by atoms with Crippen LogP contribution in [0.5, 0.6) is 5.75 Å². The Kier molecular flexibility index (Phi) is 16.2. The Hall–Kier alpha value is -4.48. The highest BCUT2D eigenvalue weighted by molar-refractivity contribution is 6.32. The van der Waals surface area contributed by atoms with Crippen molar-refractivity contribution >= 4 is 47.0 Å². The number of hydrogen-bond donors (Lipinski definition) is 2. The van der Waals surface area contributed by atoms with E-state index < -0.39 is 12.1 Å². The molecule has 2 N–H and O–H groups in total. The SMILES string of the molecule is C/C=C(\C)C(CC/C(=C(/C)N(C)CCN(C)CCNC(=O)COc1ccc(C2=NNC(=O)CC2)cc1Cl)c1ccccc1)C(C=O)OC(C)=O. The first-order chi connectivity index (χ1) is 23.9. The molecule has 270 valence electrons. The summed E-state index contributed by atoms with van der Waals surface area (Å²) >= 11 is 6.38. The van der Waals surface area contributed by atoms with E-state index in [9.17, 15) is 19.2 Å². The van der Waals surface area contributed by atoms with Crippen LogP contribution in [-0.2, 0) is 23.9 Å². The van der Waals surface area contributed by atoms with Crippen LogP contribution in [0.1, 0.15) is 64.5 Å². The summed E-state index contributed by atoms with van der Waals surface area (Å²) in [5.41, 5.74) is 8.39. The summed E-state index contributed by atoms with van der Waals surface area (Å²) in [5.74, 6) is -0.672. The predicted molar refractivity (Wildman–Crippen MR) is 197 cm³/mol. The van der Waals surface area contributed by atoms with Crippen molar-refractivity contribution in [3.8, 4) is 5.75 Å². The second-order valence-electron chi connectivity index (χ2n) is 12.4. The molecule has 0 bridgehead atoms. The molecule has 1 aliphatic rings. The molecule has 2 amide bonds. The van der Waals surface area contributed by atoms with Gasteiger partial charge in [0.25, 0.3) is 5.91 Å². The van der Waals surface area contributed by atoms with Gasteiger partial charge in [-0.05, 0) is 75.6 Å². The second-order valence-corrected chi connectivity index (χ2v) is 12.8. The van der Waals surface area contributed by atoms with Gasteiger partial charge in [0.1, 0.15) is 5.75 Å². The minimum absolute atomic E-state index is 0.115. The van der Waals surface area contributed by atoms with Crippen LogP contribution in [0, 0.1) is 5.92 Å². The van der Waals surface area contributed by atoms with Crippen LogP contribution in [0.15, 0.2) is 71.0 Å². The third-order valence-electron chi connectivity index (χ3n) is 8.87. The zero-order valence-corrected chi connectivity index (χ0v) is 30.7. The van der Waals surface area contributed by atoms with Gasteiger partial charge < -0.3 is 24.6 Å². The number of carbonyl (C=O) groups excluding carboxylic acids is 4. The standard InChI is InChI=1S/C38H50ClN5O6/c1-7-26(2)31(36(24-45)50-28(4)46)14-15-32(29-11-9-8-10-12-29)27(3)44(6)22-21-43(5)20-19-40-38(48)25-49-35-17-13-30(23-33(35)39)34-16-18-37(47)42-41-34/h7-13,17,23-24,31,36H,14-16,18-22,25H2,1-6H3,(H,40,48)(H,42,47)/b26-7+,32-27+. The van der Waals surface area contributed by atoms with Crippen molar-refractivity contribution in [1.82, 2.24) is 20.5 Å². The molecule has 0 aromatic heterocycles. The number of carbonyl (C=O) groups is 4. The maximum atomic E-state index is 12.5.